The average molecular weight is 248 g/mol. The number of primary amides is 1. The van der Waals surface area contributed by atoms with Crippen LogP contribution < -0.4 is 16.0 Å². The average Bonchev–Trinajstić information content (AvgIpc) is 2.77. The molecule has 0 radical (unpaired) electrons. The molecule has 1 atom stereocenters. The third-order valence-electron chi connectivity index (χ3n) is 3.34. The topological polar surface area (TPSA) is 71.2 Å². The number of likely N-dealkylation sites (N-methyl/N-ethyl adjacent to an activating group) is 1. The molecule has 1 amide bonds. The summed E-state index contributed by atoms with van der Waals surface area (Å²) in [6.45, 7) is 3.81. The second-order valence-electron chi connectivity index (χ2n) is 4.77. The molecule has 1 unspecified atom stereocenters. The lowest BCUT2D eigenvalue weighted by atomic mass is 10.2. The van der Waals surface area contributed by atoms with E-state index in [1.807, 2.05) is 14.0 Å². The van der Waals surface area contributed by atoms with Crippen molar-refractivity contribution >= 4 is 11.7 Å². The minimum atomic E-state index is -0.397. The number of nitrogens with two attached hydrogens (primary N) is 1. The number of carbonyl (C=O) groups excluding carboxylic acids is 1. The second-order valence-corrected chi connectivity index (χ2v) is 4.77. The number of hydrogen-bond donors (Lipinski definition) is 2. The highest BCUT2D eigenvalue weighted by Crippen LogP contribution is 2.24. The van der Waals surface area contributed by atoms with Crippen LogP contribution in [-0.2, 0) is 0 Å². The molecular formula is C13H20N4O. The zero-order valence-corrected chi connectivity index (χ0v) is 10.9. The van der Waals surface area contributed by atoms with Gasteiger partial charge in [-0.05, 0) is 38.9 Å². The summed E-state index contributed by atoms with van der Waals surface area (Å²) in [5, 5.41) is 3.20. The first-order chi connectivity index (χ1) is 8.61. The van der Waals surface area contributed by atoms with E-state index in [9.17, 15) is 4.79 Å². The minimum Gasteiger partial charge on any atom is -0.366 e. The number of hydrogen-bond acceptors (Lipinski definition) is 4. The number of amides is 1. The summed E-state index contributed by atoms with van der Waals surface area (Å²) in [6.07, 6.45) is 2.32. The third kappa shape index (κ3) is 2.61. The van der Waals surface area contributed by atoms with Crippen LogP contribution in [-0.4, -0.2) is 37.1 Å². The monoisotopic (exact) mass is 248 g/mol. The van der Waals surface area contributed by atoms with E-state index >= 15 is 0 Å². The predicted octanol–water partition coefficient (Wildman–Crippen LogP) is 0.677. The van der Waals surface area contributed by atoms with E-state index in [-0.39, 0.29) is 0 Å². The van der Waals surface area contributed by atoms with Crippen LogP contribution in [0.4, 0.5) is 5.82 Å². The number of carbonyl (C=O) groups is 1. The first kappa shape index (κ1) is 12.8. The highest BCUT2D eigenvalue weighted by Gasteiger charge is 2.25. The maximum atomic E-state index is 11.3. The second kappa shape index (κ2) is 5.35. The van der Waals surface area contributed by atoms with Gasteiger partial charge >= 0.3 is 0 Å². The molecule has 98 valence electrons. The minimum absolute atomic E-state index is 0.397. The number of rotatable bonds is 4. The van der Waals surface area contributed by atoms with Gasteiger partial charge in [-0.3, -0.25) is 4.79 Å². The van der Waals surface area contributed by atoms with Crippen molar-refractivity contribution in [2.75, 3.05) is 25.0 Å². The molecule has 0 aliphatic carbocycles. The quantitative estimate of drug-likeness (QED) is 0.822. The van der Waals surface area contributed by atoms with E-state index in [4.69, 9.17) is 5.73 Å². The molecule has 0 bridgehead atoms. The molecule has 2 rings (SSSR count). The molecule has 1 aliphatic rings. The molecule has 0 spiro atoms. The van der Waals surface area contributed by atoms with Crippen LogP contribution in [0.2, 0.25) is 0 Å². The standard InChI is InChI=1S/C13H20N4O/c1-9-6-10(13(14)18)7-12(16-9)17-5-3-4-11(17)8-15-2/h6-7,11,15H,3-5,8H2,1-2H3,(H2,14,18). The van der Waals surface area contributed by atoms with Gasteiger partial charge in [0, 0.05) is 30.4 Å². The highest BCUT2D eigenvalue weighted by molar-refractivity contribution is 5.93. The summed E-state index contributed by atoms with van der Waals surface area (Å²) in [6, 6.07) is 3.98. The number of anilines is 1. The van der Waals surface area contributed by atoms with Crippen molar-refractivity contribution in [3.05, 3.63) is 23.4 Å². The Kier molecular flexibility index (Phi) is 3.81. The van der Waals surface area contributed by atoms with Crippen LogP contribution in [0.5, 0.6) is 0 Å². The van der Waals surface area contributed by atoms with Crippen LogP contribution in [0.15, 0.2) is 12.1 Å². The molecule has 18 heavy (non-hydrogen) atoms. The Bertz CT molecular complexity index is 447. The van der Waals surface area contributed by atoms with Crippen molar-refractivity contribution in [2.45, 2.75) is 25.8 Å². The smallest absolute Gasteiger partial charge is 0.248 e. The van der Waals surface area contributed by atoms with Crippen molar-refractivity contribution in [2.24, 2.45) is 5.73 Å². The van der Waals surface area contributed by atoms with Gasteiger partial charge in [0.2, 0.25) is 5.91 Å². The van der Waals surface area contributed by atoms with E-state index in [0.29, 0.717) is 11.6 Å². The normalized spacial score (nSPS) is 19.2. The van der Waals surface area contributed by atoms with Crippen LogP contribution in [0.1, 0.15) is 28.9 Å². The molecule has 1 aliphatic heterocycles. The molecule has 0 aromatic carbocycles. The summed E-state index contributed by atoms with van der Waals surface area (Å²) >= 11 is 0. The molecule has 5 nitrogen and oxygen atoms in total. The lowest BCUT2D eigenvalue weighted by molar-refractivity contribution is 0.1000. The third-order valence-corrected chi connectivity index (χ3v) is 3.34. The Labute approximate surface area is 107 Å². The molecule has 2 heterocycles. The van der Waals surface area contributed by atoms with E-state index in [2.05, 4.69) is 15.2 Å². The van der Waals surface area contributed by atoms with Crippen molar-refractivity contribution in [3.8, 4) is 0 Å². The predicted molar refractivity (Wildman–Crippen MR) is 71.8 cm³/mol. The zero-order chi connectivity index (χ0) is 13.1. The zero-order valence-electron chi connectivity index (χ0n) is 10.9. The van der Waals surface area contributed by atoms with Crippen LogP contribution in [0, 0.1) is 6.92 Å². The fourth-order valence-corrected chi connectivity index (χ4v) is 2.53. The number of aryl methyl sites for hydroxylation is 1. The first-order valence-electron chi connectivity index (χ1n) is 6.31. The van der Waals surface area contributed by atoms with Gasteiger partial charge in [0.1, 0.15) is 5.82 Å². The maximum absolute atomic E-state index is 11.3. The maximum Gasteiger partial charge on any atom is 0.248 e. The number of nitrogens with one attached hydrogen (secondary N) is 1. The molecular weight excluding hydrogens is 228 g/mol. The Morgan fingerprint density at radius 2 is 2.39 bits per heavy atom. The summed E-state index contributed by atoms with van der Waals surface area (Å²) in [4.78, 5) is 18.1. The Hall–Kier alpha value is -1.62. The molecule has 3 N–H and O–H groups in total. The Morgan fingerprint density at radius 1 is 1.61 bits per heavy atom. The summed E-state index contributed by atoms with van der Waals surface area (Å²) in [7, 11) is 1.95. The van der Waals surface area contributed by atoms with Crippen LogP contribution in [0.25, 0.3) is 0 Å². The molecule has 1 aromatic rings. The van der Waals surface area contributed by atoms with Crippen molar-refractivity contribution in [1.29, 1.82) is 0 Å². The van der Waals surface area contributed by atoms with E-state index in [1.165, 1.54) is 0 Å². The number of aromatic nitrogens is 1. The van der Waals surface area contributed by atoms with Crippen LogP contribution in [0.3, 0.4) is 0 Å². The molecule has 1 aromatic heterocycles. The van der Waals surface area contributed by atoms with Gasteiger partial charge in [-0.1, -0.05) is 0 Å². The van der Waals surface area contributed by atoms with Crippen molar-refractivity contribution in [3.63, 3.8) is 0 Å². The Balaban J connectivity index is 2.29. The fourth-order valence-electron chi connectivity index (χ4n) is 2.53. The largest absolute Gasteiger partial charge is 0.366 e. The van der Waals surface area contributed by atoms with Gasteiger partial charge in [-0.15, -0.1) is 0 Å². The van der Waals surface area contributed by atoms with Gasteiger partial charge in [0.15, 0.2) is 0 Å². The van der Waals surface area contributed by atoms with Crippen molar-refractivity contribution in [1.82, 2.24) is 10.3 Å². The SMILES string of the molecule is CNCC1CCCN1c1cc(C(N)=O)cc(C)n1. The molecule has 1 saturated heterocycles. The summed E-state index contributed by atoms with van der Waals surface area (Å²) in [5.41, 5.74) is 6.71. The highest BCUT2D eigenvalue weighted by atomic mass is 16.1. The lowest BCUT2D eigenvalue weighted by Gasteiger charge is -2.26. The van der Waals surface area contributed by atoms with Crippen LogP contribution >= 0.6 is 0 Å². The molecule has 5 heteroatoms. The van der Waals surface area contributed by atoms with Crippen molar-refractivity contribution < 1.29 is 4.79 Å². The van der Waals surface area contributed by atoms with Gasteiger partial charge < -0.3 is 16.0 Å². The van der Waals surface area contributed by atoms with Gasteiger partial charge in [-0.25, -0.2) is 4.98 Å². The first-order valence-corrected chi connectivity index (χ1v) is 6.31. The number of nitrogens with zero attached hydrogens (tertiary/aromatic N) is 2. The van der Waals surface area contributed by atoms with Gasteiger partial charge in [-0.2, -0.15) is 0 Å². The number of pyridine rings is 1. The molecule has 1 fully saturated rings. The summed E-state index contributed by atoms with van der Waals surface area (Å²) < 4.78 is 0. The van der Waals surface area contributed by atoms with Gasteiger partial charge in [0.25, 0.3) is 0 Å². The summed E-state index contributed by atoms with van der Waals surface area (Å²) in [5.74, 6) is 0.465. The van der Waals surface area contributed by atoms with E-state index in [1.54, 1.807) is 12.1 Å². The van der Waals surface area contributed by atoms with E-state index in [0.717, 1.165) is 37.4 Å². The molecule has 0 saturated carbocycles. The van der Waals surface area contributed by atoms with Gasteiger partial charge in [0.05, 0.1) is 0 Å². The fraction of sp³-hybridized carbons (Fsp3) is 0.538. The Morgan fingerprint density at radius 3 is 3.06 bits per heavy atom. The van der Waals surface area contributed by atoms with E-state index < -0.39 is 5.91 Å². The lowest BCUT2D eigenvalue weighted by Crippen LogP contribution is -2.37.